The molecule has 0 radical (unpaired) electrons. The Kier molecular flexibility index (Phi) is 3.97. The fraction of sp³-hybridized carbons (Fsp3) is 0.429. The quantitative estimate of drug-likeness (QED) is 0.669. The molecule has 0 unspecified atom stereocenters. The van der Waals surface area contributed by atoms with E-state index in [4.69, 9.17) is 17.0 Å². The highest BCUT2D eigenvalue weighted by atomic mass is 32.1. The number of thiocarbonyl (C=S) groups is 1. The van der Waals surface area contributed by atoms with Gasteiger partial charge in [0.25, 0.3) is 0 Å². The van der Waals surface area contributed by atoms with Crippen LogP contribution in [-0.4, -0.2) is 18.6 Å². The first-order chi connectivity index (χ1) is 8.67. The highest BCUT2D eigenvalue weighted by molar-refractivity contribution is 7.79. The zero-order chi connectivity index (χ0) is 13.1. The normalized spacial score (nSPS) is 17.1. The monoisotopic (exact) mass is 263 g/mol. The number of nitrogens with one attached hydrogen (secondary N) is 1. The summed E-state index contributed by atoms with van der Waals surface area (Å²) in [7, 11) is 1.44. The van der Waals surface area contributed by atoms with Crippen LogP contribution in [0.2, 0.25) is 0 Å². The number of rotatable bonds is 4. The van der Waals surface area contributed by atoms with Crippen LogP contribution in [-0.2, 0) is 16.0 Å². The van der Waals surface area contributed by atoms with E-state index in [0.29, 0.717) is 12.3 Å². The molecular weight excluding hydrogens is 246 g/mol. The predicted molar refractivity (Wildman–Crippen MR) is 76.2 cm³/mol. The molecular formula is C14H17NO2S. The van der Waals surface area contributed by atoms with E-state index in [9.17, 15) is 4.79 Å². The maximum absolute atomic E-state index is 11.4. The summed E-state index contributed by atoms with van der Waals surface area (Å²) in [5.74, 6) is 0.166. The SMILES string of the molecule is COC(=O)C[C@H]1CCc2c1ccc(NC=S)c2C. The molecule has 0 fully saturated rings. The van der Waals surface area contributed by atoms with Crippen molar-refractivity contribution >= 4 is 29.4 Å². The van der Waals surface area contributed by atoms with Gasteiger partial charge < -0.3 is 10.1 Å². The van der Waals surface area contributed by atoms with Crippen molar-refractivity contribution in [2.45, 2.75) is 32.1 Å². The summed E-state index contributed by atoms with van der Waals surface area (Å²) in [5, 5.41) is 3.07. The van der Waals surface area contributed by atoms with E-state index >= 15 is 0 Å². The third-order valence-electron chi connectivity index (χ3n) is 3.67. The van der Waals surface area contributed by atoms with Gasteiger partial charge in [-0.25, -0.2) is 0 Å². The lowest BCUT2D eigenvalue weighted by Gasteiger charge is -2.13. The summed E-state index contributed by atoms with van der Waals surface area (Å²) in [4.78, 5) is 11.4. The van der Waals surface area contributed by atoms with Gasteiger partial charge in [0.2, 0.25) is 0 Å². The van der Waals surface area contributed by atoms with Crippen molar-refractivity contribution in [3.63, 3.8) is 0 Å². The van der Waals surface area contributed by atoms with Crippen LogP contribution < -0.4 is 5.32 Å². The molecule has 0 bridgehead atoms. The van der Waals surface area contributed by atoms with E-state index in [0.717, 1.165) is 18.5 Å². The van der Waals surface area contributed by atoms with Gasteiger partial charge >= 0.3 is 5.97 Å². The van der Waals surface area contributed by atoms with Crippen molar-refractivity contribution < 1.29 is 9.53 Å². The first-order valence-corrected chi connectivity index (χ1v) is 6.54. The molecule has 1 aliphatic rings. The van der Waals surface area contributed by atoms with Crippen molar-refractivity contribution in [2.75, 3.05) is 12.4 Å². The van der Waals surface area contributed by atoms with Crippen molar-refractivity contribution in [2.24, 2.45) is 0 Å². The summed E-state index contributed by atoms with van der Waals surface area (Å²) in [6.45, 7) is 2.10. The fourth-order valence-electron chi connectivity index (χ4n) is 2.68. The van der Waals surface area contributed by atoms with Gasteiger partial charge in [-0.15, -0.1) is 0 Å². The molecule has 1 aromatic carbocycles. The third kappa shape index (κ3) is 2.38. The van der Waals surface area contributed by atoms with Crippen LogP contribution in [0.1, 0.15) is 35.4 Å². The molecule has 2 rings (SSSR count). The lowest BCUT2D eigenvalue weighted by molar-refractivity contribution is -0.141. The minimum Gasteiger partial charge on any atom is -0.469 e. The molecule has 3 nitrogen and oxygen atoms in total. The maximum atomic E-state index is 11.4. The summed E-state index contributed by atoms with van der Waals surface area (Å²) in [5.41, 5.74) is 6.46. The minimum atomic E-state index is -0.133. The van der Waals surface area contributed by atoms with E-state index < -0.39 is 0 Å². The van der Waals surface area contributed by atoms with Gasteiger partial charge in [0.1, 0.15) is 0 Å². The van der Waals surface area contributed by atoms with E-state index in [-0.39, 0.29) is 5.97 Å². The Labute approximate surface area is 113 Å². The van der Waals surface area contributed by atoms with Crippen molar-refractivity contribution in [1.29, 1.82) is 0 Å². The molecule has 0 aliphatic heterocycles. The topological polar surface area (TPSA) is 38.3 Å². The highest BCUT2D eigenvalue weighted by Crippen LogP contribution is 2.39. The summed E-state index contributed by atoms with van der Waals surface area (Å²) >= 11 is 4.82. The Bertz CT molecular complexity index is 485. The third-order valence-corrected chi connectivity index (χ3v) is 3.79. The van der Waals surface area contributed by atoms with E-state index in [1.54, 1.807) is 0 Å². The predicted octanol–water partition coefficient (Wildman–Crippen LogP) is 2.96. The highest BCUT2D eigenvalue weighted by Gasteiger charge is 2.26. The van der Waals surface area contributed by atoms with Crippen LogP contribution in [0.4, 0.5) is 5.69 Å². The molecule has 0 aromatic heterocycles. The van der Waals surface area contributed by atoms with Crippen LogP contribution in [0.25, 0.3) is 0 Å². The van der Waals surface area contributed by atoms with Crippen LogP contribution >= 0.6 is 12.2 Å². The van der Waals surface area contributed by atoms with Gasteiger partial charge in [-0.2, -0.15) is 0 Å². The van der Waals surface area contributed by atoms with Crippen LogP contribution in [0.15, 0.2) is 12.1 Å². The minimum absolute atomic E-state index is 0.133. The maximum Gasteiger partial charge on any atom is 0.306 e. The number of fused-ring (bicyclic) bond motifs is 1. The van der Waals surface area contributed by atoms with E-state index in [1.165, 1.54) is 29.3 Å². The summed E-state index contributed by atoms with van der Waals surface area (Å²) in [6, 6.07) is 4.14. The van der Waals surface area contributed by atoms with E-state index in [1.807, 2.05) is 6.07 Å². The first-order valence-electron chi connectivity index (χ1n) is 6.06. The fourth-order valence-corrected chi connectivity index (χ4v) is 2.81. The average molecular weight is 263 g/mol. The Morgan fingerprint density at radius 3 is 3.06 bits per heavy atom. The zero-order valence-corrected chi connectivity index (χ0v) is 11.5. The second-order valence-electron chi connectivity index (χ2n) is 4.58. The molecule has 18 heavy (non-hydrogen) atoms. The Morgan fingerprint density at radius 2 is 2.39 bits per heavy atom. The zero-order valence-electron chi connectivity index (χ0n) is 10.7. The number of methoxy groups -OCH3 is 1. The van der Waals surface area contributed by atoms with Gasteiger partial charge in [-0.05, 0) is 48.4 Å². The second-order valence-corrected chi connectivity index (χ2v) is 4.82. The number of anilines is 1. The molecule has 1 aliphatic carbocycles. The average Bonchev–Trinajstić information content (AvgIpc) is 2.77. The smallest absolute Gasteiger partial charge is 0.306 e. The first kappa shape index (κ1) is 13.0. The van der Waals surface area contributed by atoms with Gasteiger partial charge in [-0.3, -0.25) is 4.79 Å². The standard InChI is InChI=1S/C14H17NO2S/c1-9-11-4-3-10(7-14(16)17-2)12(11)5-6-13(9)15-8-18/h5-6,8,10H,3-4,7H2,1-2H3,(H,15,18)/t10-/m1/s1. The Balaban J connectivity index is 2.26. The van der Waals surface area contributed by atoms with Gasteiger partial charge in [0.15, 0.2) is 0 Å². The number of benzene rings is 1. The molecule has 0 saturated carbocycles. The molecule has 0 saturated heterocycles. The number of hydrogen-bond acceptors (Lipinski definition) is 3. The van der Waals surface area contributed by atoms with Gasteiger partial charge in [0, 0.05) is 5.69 Å². The number of ether oxygens (including phenoxy) is 1. The number of esters is 1. The number of carbonyl (C=O) groups excluding carboxylic acids is 1. The largest absolute Gasteiger partial charge is 0.469 e. The molecule has 0 amide bonds. The van der Waals surface area contributed by atoms with Crippen molar-refractivity contribution in [3.8, 4) is 0 Å². The Morgan fingerprint density at radius 1 is 1.61 bits per heavy atom. The molecule has 1 atom stereocenters. The summed E-state index contributed by atoms with van der Waals surface area (Å²) in [6.07, 6.45) is 2.52. The molecule has 1 N–H and O–H groups in total. The van der Waals surface area contributed by atoms with E-state index in [2.05, 4.69) is 18.3 Å². The van der Waals surface area contributed by atoms with Crippen molar-refractivity contribution in [1.82, 2.24) is 0 Å². The molecule has 0 spiro atoms. The number of hydrogen-bond donors (Lipinski definition) is 1. The Hall–Kier alpha value is -1.42. The lowest BCUT2D eigenvalue weighted by Crippen LogP contribution is -2.06. The second kappa shape index (κ2) is 5.48. The lowest BCUT2D eigenvalue weighted by atomic mass is 9.95. The summed E-state index contributed by atoms with van der Waals surface area (Å²) < 4.78 is 4.75. The van der Waals surface area contributed by atoms with Gasteiger partial charge in [0.05, 0.1) is 19.0 Å². The van der Waals surface area contributed by atoms with Crippen LogP contribution in [0, 0.1) is 6.92 Å². The number of carbonyl (C=O) groups is 1. The molecule has 4 heteroatoms. The van der Waals surface area contributed by atoms with Crippen LogP contribution in [0.3, 0.4) is 0 Å². The molecule has 96 valence electrons. The molecule has 0 heterocycles. The van der Waals surface area contributed by atoms with Gasteiger partial charge in [-0.1, -0.05) is 18.3 Å². The van der Waals surface area contributed by atoms with Crippen LogP contribution in [0.5, 0.6) is 0 Å². The molecule has 1 aromatic rings. The van der Waals surface area contributed by atoms with Crippen molar-refractivity contribution in [3.05, 3.63) is 28.8 Å².